The summed E-state index contributed by atoms with van der Waals surface area (Å²) in [7, 11) is 1.77. The van der Waals surface area contributed by atoms with Crippen molar-refractivity contribution in [3.63, 3.8) is 0 Å². The number of nitrogens with zero attached hydrogens (tertiary/aromatic N) is 5. The van der Waals surface area contributed by atoms with E-state index in [0.717, 1.165) is 67.8 Å². The molecule has 2 saturated heterocycles. The van der Waals surface area contributed by atoms with Crippen molar-refractivity contribution in [1.82, 2.24) is 19.4 Å². The highest BCUT2D eigenvalue weighted by atomic mass is 19.4. The Morgan fingerprint density at radius 2 is 1.89 bits per heavy atom. The number of likely N-dealkylation sites (tertiary alicyclic amines) is 1. The molecule has 0 bridgehead atoms. The molecule has 37 heavy (non-hydrogen) atoms. The molecule has 198 valence electrons. The largest absolute Gasteiger partial charge is 0.416 e. The zero-order valence-corrected chi connectivity index (χ0v) is 21.2. The molecule has 0 atom stereocenters. The molecule has 0 unspecified atom stereocenters. The third-order valence-corrected chi connectivity index (χ3v) is 8.25. The zero-order valence-electron chi connectivity index (χ0n) is 21.2. The summed E-state index contributed by atoms with van der Waals surface area (Å²) < 4.78 is 53.9. The molecule has 3 fully saturated rings. The van der Waals surface area contributed by atoms with Gasteiger partial charge in [-0.15, -0.1) is 0 Å². The molecule has 3 aliphatic rings. The van der Waals surface area contributed by atoms with Gasteiger partial charge >= 0.3 is 6.18 Å². The Labute approximate surface area is 214 Å². The Morgan fingerprint density at radius 1 is 1.14 bits per heavy atom. The molecule has 10 heteroatoms. The van der Waals surface area contributed by atoms with Crippen molar-refractivity contribution >= 4 is 16.9 Å². The van der Waals surface area contributed by atoms with E-state index < -0.39 is 11.7 Å². The quantitative estimate of drug-likeness (QED) is 0.489. The minimum atomic E-state index is -4.39. The SMILES string of the molecule is COC1CC2(C1)CN(Cc1nc3cnc(N4CCOCC4)cc3n1Cc1cccc(C(F)(F)F)c1C)C2. The number of morpholine rings is 1. The van der Waals surface area contributed by atoms with Crippen molar-refractivity contribution in [2.45, 2.75) is 45.1 Å². The van der Waals surface area contributed by atoms with Crippen LogP contribution in [0.5, 0.6) is 0 Å². The lowest BCUT2D eigenvalue weighted by molar-refractivity contribution is -0.143. The maximum Gasteiger partial charge on any atom is 0.416 e. The van der Waals surface area contributed by atoms with Crippen LogP contribution in [0.15, 0.2) is 30.5 Å². The second-order valence-electron chi connectivity index (χ2n) is 10.7. The van der Waals surface area contributed by atoms with Crippen molar-refractivity contribution in [1.29, 1.82) is 0 Å². The van der Waals surface area contributed by atoms with Gasteiger partial charge in [-0.25, -0.2) is 9.97 Å². The maximum atomic E-state index is 13.6. The van der Waals surface area contributed by atoms with Crippen LogP contribution in [0.2, 0.25) is 0 Å². The van der Waals surface area contributed by atoms with Gasteiger partial charge in [-0.2, -0.15) is 13.2 Å². The Morgan fingerprint density at radius 3 is 2.59 bits per heavy atom. The number of methoxy groups -OCH3 is 1. The van der Waals surface area contributed by atoms with Crippen molar-refractivity contribution in [2.24, 2.45) is 5.41 Å². The van der Waals surface area contributed by atoms with Crippen LogP contribution in [0.1, 0.15) is 35.4 Å². The highest BCUT2D eigenvalue weighted by Gasteiger charge is 2.52. The van der Waals surface area contributed by atoms with Crippen LogP contribution in [0.4, 0.5) is 19.0 Å². The van der Waals surface area contributed by atoms with Gasteiger partial charge < -0.3 is 18.9 Å². The number of imidazole rings is 1. The fourth-order valence-electron chi connectivity index (χ4n) is 6.21. The molecule has 4 heterocycles. The normalized spacial score (nSPS) is 20.4. The molecular formula is C27H32F3N5O2. The highest BCUT2D eigenvalue weighted by Crippen LogP contribution is 2.49. The monoisotopic (exact) mass is 515 g/mol. The number of anilines is 1. The number of hydrogen-bond acceptors (Lipinski definition) is 6. The number of ether oxygens (including phenoxy) is 2. The van der Waals surface area contributed by atoms with Gasteiger partial charge in [0.15, 0.2) is 0 Å². The number of fused-ring (bicyclic) bond motifs is 1. The molecular weight excluding hydrogens is 483 g/mol. The molecule has 1 saturated carbocycles. The van der Waals surface area contributed by atoms with Gasteiger partial charge in [-0.1, -0.05) is 12.1 Å². The van der Waals surface area contributed by atoms with E-state index in [1.54, 1.807) is 26.3 Å². The number of alkyl halides is 3. The lowest BCUT2D eigenvalue weighted by Crippen LogP contribution is -2.63. The summed E-state index contributed by atoms with van der Waals surface area (Å²) in [5.74, 6) is 1.69. The predicted octanol–water partition coefficient (Wildman–Crippen LogP) is 4.25. The first-order valence-corrected chi connectivity index (χ1v) is 12.8. The Bertz CT molecular complexity index is 1290. The highest BCUT2D eigenvalue weighted by molar-refractivity contribution is 5.78. The van der Waals surface area contributed by atoms with Crippen LogP contribution in [-0.4, -0.2) is 72.0 Å². The van der Waals surface area contributed by atoms with Crippen LogP contribution in [0.3, 0.4) is 0 Å². The predicted molar refractivity (Wildman–Crippen MR) is 134 cm³/mol. The van der Waals surface area contributed by atoms with E-state index >= 15 is 0 Å². The fourth-order valence-corrected chi connectivity index (χ4v) is 6.21. The summed E-state index contributed by atoms with van der Waals surface area (Å²) in [6, 6.07) is 6.44. The summed E-state index contributed by atoms with van der Waals surface area (Å²) in [6.07, 6.45) is -0.0619. The Balaban J connectivity index is 1.33. The molecule has 0 N–H and O–H groups in total. The van der Waals surface area contributed by atoms with Crippen molar-refractivity contribution in [2.75, 3.05) is 51.4 Å². The molecule has 1 aliphatic carbocycles. The first-order chi connectivity index (χ1) is 17.7. The number of benzene rings is 1. The molecule has 6 rings (SSSR count). The molecule has 0 radical (unpaired) electrons. The minimum Gasteiger partial charge on any atom is -0.381 e. The van der Waals surface area contributed by atoms with Crippen LogP contribution in [0.25, 0.3) is 11.0 Å². The second kappa shape index (κ2) is 9.25. The lowest BCUT2D eigenvalue weighted by atomic mass is 9.62. The molecule has 2 aliphatic heterocycles. The van der Waals surface area contributed by atoms with Crippen molar-refractivity contribution in [3.8, 4) is 0 Å². The van der Waals surface area contributed by atoms with Gasteiger partial charge in [-0.3, -0.25) is 4.90 Å². The summed E-state index contributed by atoms with van der Waals surface area (Å²) in [5, 5.41) is 0. The summed E-state index contributed by atoms with van der Waals surface area (Å²) in [5.41, 5.74) is 2.31. The molecule has 0 amide bonds. The average Bonchev–Trinajstić information content (AvgIpc) is 3.17. The number of pyridine rings is 1. The van der Waals surface area contributed by atoms with E-state index in [0.29, 0.717) is 43.4 Å². The first kappa shape index (κ1) is 24.6. The number of halogens is 3. The average molecular weight is 516 g/mol. The lowest BCUT2D eigenvalue weighted by Gasteiger charge is -2.58. The minimum absolute atomic E-state index is 0.258. The van der Waals surface area contributed by atoms with E-state index in [9.17, 15) is 13.2 Å². The van der Waals surface area contributed by atoms with E-state index in [1.807, 2.05) is 6.07 Å². The van der Waals surface area contributed by atoms with Crippen LogP contribution >= 0.6 is 0 Å². The van der Waals surface area contributed by atoms with Gasteiger partial charge in [0.1, 0.15) is 17.2 Å². The van der Waals surface area contributed by atoms with Gasteiger partial charge in [0.2, 0.25) is 0 Å². The second-order valence-corrected chi connectivity index (χ2v) is 10.7. The Hall–Kier alpha value is -2.69. The third kappa shape index (κ3) is 4.59. The first-order valence-electron chi connectivity index (χ1n) is 12.8. The molecule has 3 aromatic rings. The van der Waals surface area contributed by atoms with Crippen molar-refractivity contribution in [3.05, 3.63) is 53.0 Å². The van der Waals surface area contributed by atoms with E-state index in [2.05, 4.69) is 19.4 Å². The molecule has 1 spiro atoms. The molecule has 1 aromatic carbocycles. The van der Waals surface area contributed by atoms with E-state index in [1.165, 1.54) is 6.07 Å². The Kier molecular flexibility index (Phi) is 6.16. The smallest absolute Gasteiger partial charge is 0.381 e. The van der Waals surface area contributed by atoms with Crippen molar-refractivity contribution < 1.29 is 22.6 Å². The fraction of sp³-hybridized carbons (Fsp3) is 0.556. The molecule has 7 nitrogen and oxygen atoms in total. The number of hydrogen-bond donors (Lipinski definition) is 0. The number of aromatic nitrogens is 3. The summed E-state index contributed by atoms with van der Waals surface area (Å²) >= 11 is 0. The third-order valence-electron chi connectivity index (χ3n) is 8.25. The van der Waals surface area contributed by atoms with Gasteiger partial charge in [0.05, 0.1) is 43.1 Å². The van der Waals surface area contributed by atoms with E-state index in [-0.39, 0.29) is 5.56 Å². The van der Waals surface area contributed by atoms with Gasteiger partial charge in [0, 0.05) is 51.3 Å². The van der Waals surface area contributed by atoms with E-state index in [4.69, 9.17) is 14.5 Å². The van der Waals surface area contributed by atoms with Gasteiger partial charge in [-0.05, 0) is 37.0 Å². The zero-order chi connectivity index (χ0) is 25.8. The molecule has 2 aromatic heterocycles. The van der Waals surface area contributed by atoms with Crippen LogP contribution in [0, 0.1) is 12.3 Å². The van der Waals surface area contributed by atoms with Crippen LogP contribution in [-0.2, 0) is 28.7 Å². The summed E-state index contributed by atoms with van der Waals surface area (Å²) in [6.45, 7) is 7.32. The van der Waals surface area contributed by atoms with Gasteiger partial charge in [0.25, 0.3) is 0 Å². The standard InChI is InChI=1S/C27H32F3N5O2/c1-18-19(4-3-5-21(18)27(28,29)30)14-35-23-10-24(34-6-8-37-9-7-34)31-13-22(23)32-25(35)15-33-16-26(17-33)11-20(12-26)36-2/h3-5,10,13,20H,6-9,11-12,14-17H2,1-2H3. The topological polar surface area (TPSA) is 55.6 Å². The van der Waals surface area contributed by atoms with Crippen LogP contribution < -0.4 is 4.90 Å². The number of rotatable bonds is 6. The summed E-state index contributed by atoms with van der Waals surface area (Å²) in [4.78, 5) is 14.1. The maximum absolute atomic E-state index is 13.6.